The Morgan fingerprint density at radius 1 is 1.21 bits per heavy atom. The minimum absolute atomic E-state index is 0.0819. The summed E-state index contributed by atoms with van der Waals surface area (Å²) in [7, 11) is -3.01. The largest absolute Gasteiger partial charge is 0.370 e. The lowest BCUT2D eigenvalue weighted by atomic mass is 10.2. The molecule has 6 heteroatoms. The van der Waals surface area contributed by atoms with Crippen molar-refractivity contribution in [1.82, 2.24) is 4.90 Å². The standard InChI is InChI=1S/C13H20N2O3S/c1-19(17,18)10-9-15(8-7-13(14)16)11-12-5-3-2-4-6-12/h2-6H,7-11H2,1H3,(H2,14,16). The number of rotatable bonds is 8. The van der Waals surface area contributed by atoms with E-state index in [4.69, 9.17) is 5.73 Å². The molecule has 1 rings (SSSR count). The predicted molar refractivity (Wildman–Crippen MR) is 75.2 cm³/mol. The highest BCUT2D eigenvalue weighted by Crippen LogP contribution is 2.05. The molecule has 0 spiro atoms. The SMILES string of the molecule is CS(=O)(=O)CCN(CCC(N)=O)Cc1ccccc1. The molecule has 1 amide bonds. The molecule has 1 aromatic carbocycles. The van der Waals surface area contributed by atoms with Crippen LogP contribution in [-0.2, 0) is 21.2 Å². The van der Waals surface area contributed by atoms with Gasteiger partial charge in [-0.25, -0.2) is 8.42 Å². The highest BCUT2D eigenvalue weighted by atomic mass is 32.2. The molecule has 5 nitrogen and oxygen atoms in total. The molecule has 1 aromatic rings. The number of amides is 1. The number of hydrogen-bond donors (Lipinski definition) is 1. The summed E-state index contributed by atoms with van der Waals surface area (Å²) in [5.41, 5.74) is 6.22. The molecule has 0 aliphatic rings. The Hall–Kier alpha value is -1.40. The maximum absolute atomic E-state index is 11.2. The van der Waals surface area contributed by atoms with E-state index in [0.29, 0.717) is 19.6 Å². The Morgan fingerprint density at radius 3 is 2.37 bits per heavy atom. The van der Waals surface area contributed by atoms with Gasteiger partial charge < -0.3 is 5.73 Å². The van der Waals surface area contributed by atoms with Gasteiger partial charge >= 0.3 is 0 Å². The van der Waals surface area contributed by atoms with Crippen molar-refractivity contribution in [2.75, 3.05) is 25.1 Å². The molecule has 0 unspecified atom stereocenters. The van der Waals surface area contributed by atoms with E-state index in [1.54, 1.807) is 0 Å². The number of carbonyl (C=O) groups is 1. The zero-order valence-electron chi connectivity index (χ0n) is 11.1. The zero-order chi connectivity index (χ0) is 14.3. The molecular weight excluding hydrogens is 264 g/mol. The number of primary amides is 1. The fourth-order valence-corrected chi connectivity index (χ4v) is 2.26. The monoisotopic (exact) mass is 284 g/mol. The first-order valence-corrected chi connectivity index (χ1v) is 8.15. The summed E-state index contributed by atoms with van der Waals surface area (Å²) in [6.45, 7) is 1.49. The molecule has 0 aromatic heterocycles. The van der Waals surface area contributed by atoms with Crippen LogP contribution in [0.4, 0.5) is 0 Å². The first kappa shape index (κ1) is 15.7. The number of nitrogens with two attached hydrogens (primary N) is 1. The summed E-state index contributed by atoms with van der Waals surface area (Å²) < 4.78 is 22.4. The summed E-state index contributed by atoms with van der Waals surface area (Å²) >= 11 is 0. The van der Waals surface area contributed by atoms with Gasteiger partial charge in [-0.05, 0) is 5.56 Å². The van der Waals surface area contributed by atoms with Crippen molar-refractivity contribution in [3.63, 3.8) is 0 Å². The third-order valence-electron chi connectivity index (χ3n) is 2.70. The Balaban J connectivity index is 2.60. The van der Waals surface area contributed by atoms with Crippen LogP contribution in [0.1, 0.15) is 12.0 Å². The van der Waals surface area contributed by atoms with Crippen LogP contribution in [0.25, 0.3) is 0 Å². The lowest BCUT2D eigenvalue weighted by Crippen LogP contribution is -2.32. The number of nitrogens with zero attached hydrogens (tertiary/aromatic N) is 1. The minimum Gasteiger partial charge on any atom is -0.370 e. The Kier molecular flexibility index (Phi) is 5.98. The average Bonchev–Trinajstić information content (AvgIpc) is 2.33. The first-order valence-electron chi connectivity index (χ1n) is 6.09. The molecule has 0 aliphatic heterocycles. The van der Waals surface area contributed by atoms with Crippen molar-refractivity contribution < 1.29 is 13.2 Å². The molecule has 0 heterocycles. The predicted octanol–water partition coefficient (Wildman–Crippen LogP) is 0.409. The number of sulfone groups is 1. The maximum atomic E-state index is 11.2. The Morgan fingerprint density at radius 2 is 1.84 bits per heavy atom. The van der Waals surface area contributed by atoms with Gasteiger partial charge in [0, 0.05) is 32.3 Å². The Bertz CT molecular complexity index is 500. The lowest BCUT2D eigenvalue weighted by molar-refractivity contribution is -0.118. The van der Waals surface area contributed by atoms with Crippen molar-refractivity contribution in [2.45, 2.75) is 13.0 Å². The number of carbonyl (C=O) groups excluding carboxylic acids is 1. The summed E-state index contributed by atoms with van der Waals surface area (Å²) in [5, 5.41) is 0. The van der Waals surface area contributed by atoms with Gasteiger partial charge in [0.1, 0.15) is 9.84 Å². The summed E-state index contributed by atoms with van der Waals surface area (Å²) in [6.07, 6.45) is 1.44. The van der Waals surface area contributed by atoms with Crippen LogP contribution in [0, 0.1) is 0 Å². The first-order chi connectivity index (χ1) is 8.87. The fourth-order valence-electron chi connectivity index (χ4n) is 1.67. The third kappa shape index (κ3) is 7.58. The second-order valence-corrected chi connectivity index (χ2v) is 6.87. The fraction of sp³-hybridized carbons (Fsp3) is 0.462. The van der Waals surface area contributed by atoms with E-state index in [-0.39, 0.29) is 18.1 Å². The van der Waals surface area contributed by atoms with Crippen molar-refractivity contribution in [2.24, 2.45) is 5.73 Å². The van der Waals surface area contributed by atoms with Gasteiger partial charge in [-0.1, -0.05) is 30.3 Å². The highest BCUT2D eigenvalue weighted by Gasteiger charge is 2.11. The van der Waals surface area contributed by atoms with Crippen LogP contribution in [-0.4, -0.2) is 44.3 Å². The minimum atomic E-state index is -3.01. The molecule has 2 N–H and O–H groups in total. The van der Waals surface area contributed by atoms with E-state index in [2.05, 4.69) is 0 Å². The zero-order valence-corrected chi connectivity index (χ0v) is 11.9. The summed E-state index contributed by atoms with van der Waals surface area (Å²) in [6, 6.07) is 9.72. The molecule has 0 bridgehead atoms. The van der Waals surface area contributed by atoms with E-state index < -0.39 is 9.84 Å². The van der Waals surface area contributed by atoms with Crippen LogP contribution in [0.2, 0.25) is 0 Å². The van der Waals surface area contributed by atoms with Gasteiger partial charge in [0.15, 0.2) is 0 Å². The highest BCUT2D eigenvalue weighted by molar-refractivity contribution is 7.90. The molecule has 19 heavy (non-hydrogen) atoms. The van der Waals surface area contributed by atoms with Gasteiger partial charge in [0.25, 0.3) is 0 Å². The van der Waals surface area contributed by atoms with Crippen LogP contribution in [0.3, 0.4) is 0 Å². The van der Waals surface area contributed by atoms with Crippen LogP contribution >= 0.6 is 0 Å². The topological polar surface area (TPSA) is 80.5 Å². The van der Waals surface area contributed by atoms with Gasteiger partial charge in [0.2, 0.25) is 5.91 Å². The molecule has 0 radical (unpaired) electrons. The van der Waals surface area contributed by atoms with Gasteiger partial charge in [0.05, 0.1) is 5.75 Å². The summed E-state index contributed by atoms with van der Waals surface area (Å²) in [5.74, 6) is -0.295. The molecule has 0 saturated heterocycles. The number of benzene rings is 1. The molecule has 106 valence electrons. The smallest absolute Gasteiger partial charge is 0.218 e. The normalized spacial score (nSPS) is 11.7. The van der Waals surface area contributed by atoms with E-state index in [0.717, 1.165) is 5.56 Å². The van der Waals surface area contributed by atoms with Crippen molar-refractivity contribution in [3.05, 3.63) is 35.9 Å². The molecule has 0 atom stereocenters. The molecule has 0 fully saturated rings. The summed E-state index contributed by atoms with van der Waals surface area (Å²) in [4.78, 5) is 12.8. The van der Waals surface area contributed by atoms with Crippen molar-refractivity contribution >= 4 is 15.7 Å². The Labute approximate surface area is 114 Å². The van der Waals surface area contributed by atoms with Crippen LogP contribution in [0.5, 0.6) is 0 Å². The molecular formula is C13H20N2O3S. The van der Waals surface area contributed by atoms with Crippen molar-refractivity contribution in [1.29, 1.82) is 0 Å². The number of hydrogen-bond acceptors (Lipinski definition) is 4. The average molecular weight is 284 g/mol. The molecule has 0 aliphatic carbocycles. The lowest BCUT2D eigenvalue weighted by Gasteiger charge is -2.21. The van der Waals surface area contributed by atoms with Crippen molar-refractivity contribution in [3.8, 4) is 0 Å². The second-order valence-electron chi connectivity index (χ2n) is 4.61. The maximum Gasteiger partial charge on any atom is 0.218 e. The van der Waals surface area contributed by atoms with Crippen LogP contribution < -0.4 is 5.73 Å². The van der Waals surface area contributed by atoms with E-state index >= 15 is 0 Å². The van der Waals surface area contributed by atoms with Crippen LogP contribution in [0.15, 0.2) is 30.3 Å². The van der Waals surface area contributed by atoms with Gasteiger partial charge in [-0.2, -0.15) is 0 Å². The van der Waals surface area contributed by atoms with E-state index in [9.17, 15) is 13.2 Å². The van der Waals surface area contributed by atoms with E-state index in [1.807, 2.05) is 35.2 Å². The molecule has 0 saturated carbocycles. The van der Waals surface area contributed by atoms with E-state index in [1.165, 1.54) is 6.26 Å². The third-order valence-corrected chi connectivity index (χ3v) is 3.63. The van der Waals surface area contributed by atoms with Gasteiger partial charge in [-0.3, -0.25) is 9.69 Å². The quantitative estimate of drug-likeness (QED) is 0.749. The second kappa shape index (κ2) is 7.25. The van der Waals surface area contributed by atoms with Gasteiger partial charge in [-0.15, -0.1) is 0 Å².